The van der Waals surface area contributed by atoms with E-state index < -0.39 is 5.91 Å². The number of benzene rings is 1. The van der Waals surface area contributed by atoms with Gasteiger partial charge in [0.1, 0.15) is 5.75 Å². The Morgan fingerprint density at radius 3 is 2.73 bits per heavy atom. The summed E-state index contributed by atoms with van der Waals surface area (Å²) in [5.41, 5.74) is 7.13. The Hall–Kier alpha value is -2.50. The van der Waals surface area contributed by atoms with E-state index >= 15 is 0 Å². The van der Waals surface area contributed by atoms with Crippen molar-refractivity contribution in [3.63, 3.8) is 0 Å². The highest BCUT2D eigenvalue weighted by Gasteiger charge is 2.17. The lowest BCUT2D eigenvalue weighted by Gasteiger charge is -2.28. The molecule has 0 spiro atoms. The quantitative estimate of drug-likeness (QED) is 0.807. The molecular weight excluding hydrogens is 282 g/mol. The number of hydrogen-bond donors (Lipinski definition) is 2. The van der Waals surface area contributed by atoms with Crippen molar-refractivity contribution in [2.45, 2.75) is 19.4 Å². The molecule has 1 aromatic rings. The molecule has 6 heteroatoms. The SMILES string of the molecule is C=C1CCN(C(=O)NCc2cccc(OCC(N)=O)c2)CC1. The maximum absolute atomic E-state index is 12.1. The number of piperidine rings is 1. The van der Waals surface area contributed by atoms with Crippen LogP contribution in [0.15, 0.2) is 36.4 Å². The Morgan fingerprint density at radius 2 is 2.05 bits per heavy atom. The number of amides is 3. The first-order valence-electron chi connectivity index (χ1n) is 7.24. The first-order chi connectivity index (χ1) is 10.5. The zero-order valence-corrected chi connectivity index (χ0v) is 12.5. The largest absolute Gasteiger partial charge is 0.484 e. The van der Waals surface area contributed by atoms with E-state index in [1.165, 1.54) is 5.57 Å². The Kier molecular flexibility index (Phi) is 5.41. The van der Waals surface area contributed by atoms with Crippen molar-refractivity contribution in [3.05, 3.63) is 42.0 Å². The van der Waals surface area contributed by atoms with E-state index in [1.54, 1.807) is 17.0 Å². The van der Waals surface area contributed by atoms with Crippen molar-refractivity contribution in [2.24, 2.45) is 5.73 Å². The van der Waals surface area contributed by atoms with Crippen molar-refractivity contribution >= 4 is 11.9 Å². The number of urea groups is 1. The van der Waals surface area contributed by atoms with Crippen molar-refractivity contribution in [1.29, 1.82) is 0 Å². The molecule has 1 aliphatic rings. The molecule has 0 aromatic heterocycles. The second kappa shape index (κ2) is 7.49. The molecule has 1 heterocycles. The van der Waals surface area contributed by atoms with Crippen molar-refractivity contribution < 1.29 is 14.3 Å². The van der Waals surface area contributed by atoms with Gasteiger partial charge in [0.2, 0.25) is 0 Å². The topological polar surface area (TPSA) is 84.7 Å². The molecule has 0 aliphatic carbocycles. The molecule has 22 heavy (non-hydrogen) atoms. The smallest absolute Gasteiger partial charge is 0.317 e. The van der Waals surface area contributed by atoms with Gasteiger partial charge in [0.25, 0.3) is 5.91 Å². The van der Waals surface area contributed by atoms with Crippen molar-refractivity contribution in [3.8, 4) is 5.75 Å². The van der Waals surface area contributed by atoms with Crippen LogP contribution in [0, 0.1) is 0 Å². The number of likely N-dealkylation sites (tertiary alicyclic amines) is 1. The molecule has 1 fully saturated rings. The zero-order valence-electron chi connectivity index (χ0n) is 12.5. The highest BCUT2D eigenvalue weighted by atomic mass is 16.5. The van der Waals surface area contributed by atoms with Gasteiger partial charge in [-0.05, 0) is 30.5 Å². The van der Waals surface area contributed by atoms with Crippen LogP contribution in [0.3, 0.4) is 0 Å². The van der Waals surface area contributed by atoms with Gasteiger partial charge < -0.3 is 20.7 Å². The van der Waals surface area contributed by atoms with Crippen LogP contribution < -0.4 is 15.8 Å². The van der Waals surface area contributed by atoms with Crippen LogP contribution in [-0.4, -0.2) is 36.5 Å². The minimum Gasteiger partial charge on any atom is -0.484 e. The lowest BCUT2D eigenvalue weighted by atomic mass is 10.1. The summed E-state index contributed by atoms with van der Waals surface area (Å²) in [6.07, 6.45) is 1.73. The normalized spacial score (nSPS) is 14.5. The summed E-state index contributed by atoms with van der Waals surface area (Å²) >= 11 is 0. The van der Waals surface area contributed by atoms with E-state index in [9.17, 15) is 9.59 Å². The third-order valence-corrected chi connectivity index (χ3v) is 3.48. The van der Waals surface area contributed by atoms with Crippen LogP contribution in [0.25, 0.3) is 0 Å². The van der Waals surface area contributed by atoms with Crippen molar-refractivity contribution in [1.82, 2.24) is 10.2 Å². The molecule has 2 rings (SSSR count). The molecule has 0 saturated carbocycles. The fourth-order valence-electron chi connectivity index (χ4n) is 2.22. The first kappa shape index (κ1) is 15.9. The first-order valence-corrected chi connectivity index (χ1v) is 7.24. The second-order valence-electron chi connectivity index (χ2n) is 5.30. The van der Waals surface area contributed by atoms with Gasteiger partial charge in [0.05, 0.1) is 0 Å². The highest BCUT2D eigenvalue weighted by molar-refractivity contribution is 5.75. The summed E-state index contributed by atoms with van der Waals surface area (Å²) in [5, 5.41) is 2.89. The van der Waals surface area contributed by atoms with Crippen LogP contribution in [0.1, 0.15) is 18.4 Å². The summed E-state index contributed by atoms with van der Waals surface area (Å²) in [4.78, 5) is 24.6. The van der Waals surface area contributed by atoms with Crippen LogP contribution in [-0.2, 0) is 11.3 Å². The number of nitrogens with two attached hydrogens (primary N) is 1. The Bertz CT molecular complexity index is 562. The molecule has 3 amide bonds. The monoisotopic (exact) mass is 303 g/mol. The molecule has 1 aromatic carbocycles. The number of nitrogens with zero attached hydrogens (tertiary/aromatic N) is 1. The van der Waals surface area contributed by atoms with Gasteiger partial charge in [0, 0.05) is 19.6 Å². The van der Waals surface area contributed by atoms with E-state index in [0.29, 0.717) is 25.4 Å². The number of hydrogen-bond acceptors (Lipinski definition) is 3. The van der Waals surface area contributed by atoms with Gasteiger partial charge in [-0.1, -0.05) is 24.3 Å². The third-order valence-electron chi connectivity index (χ3n) is 3.48. The number of nitrogens with one attached hydrogen (secondary N) is 1. The molecule has 6 nitrogen and oxygen atoms in total. The van der Waals surface area contributed by atoms with Crippen LogP contribution in [0.5, 0.6) is 5.75 Å². The molecule has 1 saturated heterocycles. The number of carbonyl (C=O) groups is 2. The number of rotatable bonds is 5. The van der Waals surface area contributed by atoms with Gasteiger partial charge in [-0.25, -0.2) is 4.79 Å². The summed E-state index contributed by atoms with van der Waals surface area (Å²) in [6, 6.07) is 7.14. The van der Waals surface area contributed by atoms with E-state index in [2.05, 4.69) is 11.9 Å². The standard InChI is InChI=1S/C16H21N3O3/c1-12-5-7-19(8-6-12)16(21)18-10-13-3-2-4-14(9-13)22-11-15(17)20/h2-4,9H,1,5-8,10-11H2,(H2,17,20)(H,18,21). The molecule has 1 aliphatic heterocycles. The van der Waals surface area contributed by atoms with Gasteiger partial charge in [-0.15, -0.1) is 0 Å². The highest BCUT2D eigenvalue weighted by Crippen LogP contribution is 2.15. The van der Waals surface area contributed by atoms with Crippen LogP contribution in [0.2, 0.25) is 0 Å². The number of primary amides is 1. The third kappa shape index (κ3) is 4.80. The summed E-state index contributed by atoms with van der Waals surface area (Å²) in [7, 11) is 0. The van der Waals surface area contributed by atoms with Crippen LogP contribution in [0.4, 0.5) is 4.79 Å². The Balaban J connectivity index is 1.83. The molecule has 3 N–H and O–H groups in total. The van der Waals surface area contributed by atoms with Gasteiger partial charge >= 0.3 is 6.03 Å². The van der Waals surface area contributed by atoms with Crippen LogP contribution >= 0.6 is 0 Å². The molecule has 118 valence electrons. The van der Waals surface area contributed by atoms with E-state index in [1.807, 2.05) is 12.1 Å². The minimum atomic E-state index is -0.523. The fourth-order valence-corrected chi connectivity index (χ4v) is 2.22. The summed E-state index contributed by atoms with van der Waals surface area (Å²) < 4.78 is 5.24. The fraction of sp³-hybridized carbons (Fsp3) is 0.375. The van der Waals surface area contributed by atoms with E-state index in [-0.39, 0.29) is 12.6 Å². The lowest BCUT2D eigenvalue weighted by molar-refractivity contribution is -0.119. The van der Waals surface area contributed by atoms with E-state index in [0.717, 1.165) is 18.4 Å². The Labute approximate surface area is 129 Å². The lowest BCUT2D eigenvalue weighted by Crippen LogP contribution is -2.42. The zero-order chi connectivity index (χ0) is 15.9. The molecule has 0 radical (unpaired) electrons. The molecule has 0 unspecified atom stereocenters. The van der Waals surface area contributed by atoms with Crippen molar-refractivity contribution in [2.75, 3.05) is 19.7 Å². The average Bonchev–Trinajstić information content (AvgIpc) is 2.52. The van der Waals surface area contributed by atoms with Gasteiger partial charge in [0.15, 0.2) is 6.61 Å². The molecule has 0 bridgehead atoms. The maximum Gasteiger partial charge on any atom is 0.317 e. The Morgan fingerprint density at radius 1 is 1.32 bits per heavy atom. The second-order valence-corrected chi connectivity index (χ2v) is 5.30. The van der Waals surface area contributed by atoms with Gasteiger partial charge in [-0.2, -0.15) is 0 Å². The average molecular weight is 303 g/mol. The number of ether oxygens (including phenoxy) is 1. The summed E-state index contributed by atoms with van der Waals surface area (Å²) in [6.45, 7) is 5.61. The number of carbonyl (C=O) groups excluding carboxylic acids is 2. The van der Waals surface area contributed by atoms with Gasteiger partial charge in [-0.3, -0.25) is 4.79 Å². The maximum atomic E-state index is 12.1. The molecular formula is C16H21N3O3. The molecule has 0 atom stereocenters. The predicted molar refractivity (Wildman–Crippen MR) is 83.3 cm³/mol. The summed E-state index contributed by atoms with van der Waals surface area (Å²) in [5.74, 6) is 0.0326. The minimum absolute atomic E-state index is 0.0732. The van der Waals surface area contributed by atoms with E-state index in [4.69, 9.17) is 10.5 Å². The predicted octanol–water partition coefficient (Wildman–Crippen LogP) is 1.41.